The van der Waals surface area contributed by atoms with Crippen molar-refractivity contribution in [3.05, 3.63) is 0 Å². The first kappa shape index (κ1) is 41.8. The summed E-state index contributed by atoms with van der Waals surface area (Å²) in [6.45, 7) is 0.0730. The summed E-state index contributed by atoms with van der Waals surface area (Å²) in [5.41, 5.74) is 0. The van der Waals surface area contributed by atoms with E-state index in [1.54, 1.807) is 0 Å². The molecule has 308 valence electrons. The van der Waals surface area contributed by atoms with E-state index >= 15 is 0 Å². The monoisotopic (exact) mass is 772 g/mol. The largest absolute Gasteiger partial charge is 0.394 e. The minimum Gasteiger partial charge on any atom is -0.394 e. The van der Waals surface area contributed by atoms with E-state index in [2.05, 4.69) is 0 Å². The van der Waals surface area contributed by atoms with Crippen LogP contribution in [0.3, 0.4) is 0 Å². The van der Waals surface area contributed by atoms with Gasteiger partial charge in [-0.2, -0.15) is 0 Å². The van der Waals surface area contributed by atoms with Crippen LogP contribution in [0.25, 0.3) is 0 Å². The first-order chi connectivity index (χ1) is 25.1. The van der Waals surface area contributed by atoms with Crippen molar-refractivity contribution in [2.75, 3.05) is 13.2 Å². The third-order valence-electron chi connectivity index (χ3n) is 11.8. The van der Waals surface area contributed by atoms with Crippen molar-refractivity contribution in [1.29, 1.82) is 0 Å². The van der Waals surface area contributed by atoms with E-state index in [1.165, 1.54) is 6.92 Å². The van der Waals surface area contributed by atoms with E-state index in [0.717, 1.165) is 0 Å². The van der Waals surface area contributed by atoms with Gasteiger partial charge >= 0.3 is 0 Å². The standard InChI is InChI=1S/C33H56O20/c1-10-21(39)24(42)26(44)31(48-10)47-9-20-23(41)30(53-32-27(45)25(43)22(40)19(8-34)51-32)28(46)33(52-20)50-18-7-13-15(37)5-12(35)6-17(13)49-29(18)11-2-3-14(36)16(38)4-11/h10-46H,2-9H2,1H3/t10-,11?,12?,13?,14?,15?,16?,17?,18?,19+,20+,21-,22+,23+,24+,25-,26+,27+,28+,29?,30-,31+,32-,33+/m0/s1. The van der Waals surface area contributed by atoms with E-state index in [1.807, 2.05) is 0 Å². The molecule has 2 saturated carbocycles. The second kappa shape index (κ2) is 17.4. The van der Waals surface area contributed by atoms with Crippen LogP contribution < -0.4 is 0 Å². The summed E-state index contributed by atoms with van der Waals surface area (Å²) in [4.78, 5) is 0. The number of hydrogen-bond acceptors (Lipinski definition) is 20. The molecule has 20 nitrogen and oxygen atoms in total. The molecule has 4 heterocycles. The summed E-state index contributed by atoms with van der Waals surface area (Å²) in [5, 5.41) is 137. The van der Waals surface area contributed by atoms with Crippen molar-refractivity contribution in [3.8, 4) is 0 Å². The molecule has 6 rings (SSSR count). The highest BCUT2D eigenvalue weighted by Gasteiger charge is 2.55. The van der Waals surface area contributed by atoms with Crippen LogP contribution in [0.1, 0.15) is 45.4 Å². The number of hydrogen-bond donors (Lipinski definition) is 13. The highest BCUT2D eigenvalue weighted by Crippen LogP contribution is 2.44. The second-order valence-corrected chi connectivity index (χ2v) is 15.5. The fourth-order valence-electron chi connectivity index (χ4n) is 8.57. The molecule has 0 aromatic carbocycles. The fourth-order valence-corrected chi connectivity index (χ4v) is 8.57. The zero-order valence-corrected chi connectivity index (χ0v) is 29.2. The van der Waals surface area contributed by atoms with Crippen LogP contribution in [-0.2, 0) is 33.2 Å². The molecular weight excluding hydrogens is 716 g/mol. The Morgan fingerprint density at radius 1 is 0.547 bits per heavy atom. The molecular formula is C33H56O20. The third kappa shape index (κ3) is 8.72. The van der Waals surface area contributed by atoms with Gasteiger partial charge in [0.1, 0.15) is 67.1 Å². The Hall–Kier alpha value is -0.800. The van der Waals surface area contributed by atoms with Crippen molar-refractivity contribution in [2.24, 2.45) is 11.8 Å². The van der Waals surface area contributed by atoms with Gasteiger partial charge in [-0.05, 0) is 51.4 Å². The lowest BCUT2D eigenvalue weighted by atomic mass is 9.72. The lowest BCUT2D eigenvalue weighted by molar-refractivity contribution is -0.375. The molecule has 24 atom stereocenters. The molecule has 0 aromatic rings. The molecule has 6 fully saturated rings. The Morgan fingerprint density at radius 2 is 1.21 bits per heavy atom. The number of ether oxygens (including phenoxy) is 7. The van der Waals surface area contributed by atoms with Crippen LogP contribution in [0.15, 0.2) is 0 Å². The minimum absolute atomic E-state index is 0.0961. The number of fused-ring (bicyclic) bond motifs is 1. The van der Waals surface area contributed by atoms with Crippen LogP contribution >= 0.6 is 0 Å². The van der Waals surface area contributed by atoms with Crippen LogP contribution in [0, 0.1) is 11.8 Å². The lowest BCUT2D eigenvalue weighted by Crippen LogP contribution is -2.66. The van der Waals surface area contributed by atoms with Crippen molar-refractivity contribution in [2.45, 2.75) is 180 Å². The molecule has 0 spiro atoms. The van der Waals surface area contributed by atoms with E-state index in [-0.39, 0.29) is 38.0 Å². The van der Waals surface area contributed by atoms with Crippen LogP contribution in [-0.4, -0.2) is 214 Å². The summed E-state index contributed by atoms with van der Waals surface area (Å²) in [6, 6.07) is 0. The number of aliphatic hydroxyl groups excluding tert-OH is 13. The molecule has 4 saturated heterocycles. The molecule has 0 radical (unpaired) electrons. The minimum atomic E-state index is -1.91. The Labute approximate surface area is 305 Å². The predicted octanol–water partition coefficient (Wildman–Crippen LogP) is -6.34. The molecule has 53 heavy (non-hydrogen) atoms. The zero-order valence-electron chi connectivity index (χ0n) is 29.2. The fraction of sp³-hybridized carbons (Fsp3) is 1.00. The summed E-state index contributed by atoms with van der Waals surface area (Å²) in [5.74, 6) is -0.866. The average Bonchev–Trinajstić information content (AvgIpc) is 3.12. The summed E-state index contributed by atoms with van der Waals surface area (Å²) in [6.07, 6.45) is -29.1. The smallest absolute Gasteiger partial charge is 0.187 e. The molecule has 6 aliphatic rings. The Kier molecular flexibility index (Phi) is 13.7. The third-order valence-corrected chi connectivity index (χ3v) is 11.8. The Balaban J connectivity index is 1.25. The SMILES string of the molecule is C[C@@H]1O[C@@H](OC[C@H]2O[C@@H](OC3CC4C(O)CC(O)CC4OC3C3CCC(O)C(O)C3)[C@H](O)[C@@H](O[C@@H]3O[C@H](CO)[C@@H](O)[C@H](O)[C@H]3O)[C@@H]2O)[C@H](O)[C@H](O)[C@H]1O. The van der Waals surface area contributed by atoms with E-state index in [0.29, 0.717) is 6.42 Å². The highest BCUT2D eigenvalue weighted by molar-refractivity contribution is 5.00. The van der Waals surface area contributed by atoms with Crippen molar-refractivity contribution >= 4 is 0 Å². The lowest BCUT2D eigenvalue weighted by Gasteiger charge is -2.51. The van der Waals surface area contributed by atoms with Gasteiger partial charge in [-0.1, -0.05) is 0 Å². The topological polar surface area (TPSA) is 328 Å². The molecule has 13 N–H and O–H groups in total. The zero-order chi connectivity index (χ0) is 38.5. The first-order valence-corrected chi connectivity index (χ1v) is 18.4. The van der Waals surface area contributed by atoms with Crippen molar-refractivity contribution in [1.82, 2.24) is 0 Å². The summed E-state index contributed by atoms with van der Waals surface area (Å²) >= 11 is 0. The van der Waals surface area contributed by atoms with Crippen LogP contribution in [0.4, 0.5) is 0 Å². The van der Waals surface area contributed by atoms with Gasteiger partial charge in [0.05, 0.1) is 62.0 Å². The van der Waals surface area contributed by atoms with Gasteiger partial charge in [-0.3, -0.25) is 0 Å². The van der Waals surface area contributed by atoms with Crippen molar-refractivity contribution < 1.29 is 99.5 Å². The summed E-state index contributed by atoms with van der Waals surface area (Å²) < 4.78 is 41.4. The van der Waals surface area contributed by atoms with E-state index < -0.39 is 154 Å². The van der Waals surface area contributed by atoms with Gasteiger partial charge in [0, 0.05) is 5.92 Å². The molecule has 0 bridgehead atoms. The molecule has 20 heteroatoms. The highest BCUT2D eigenvalue weighted by atomic mass is 16.8. The maximum Gasteiger partial charge on any atom is 0.187 e. The quantitative estimate of drug-likeness (QED) is 0.104. The first-order valence-electron chi connectivity index (χ1n) is 18.4. The second-order valence-electron chi connectivity index (χ2n) is 15.5. The number of rotatable bonds is 9. The van der Waals surface area contributed by atoms with E-state index in [4.69, 9.17) is 33.2 Å². The van der Waals surface area contributed by atoms with E-state index in [9.17, 15) is 66.4 Å². The summed E-state index contributed by atoms with van der Waals surface area (Å²) in [7, 11) is 0. The molecule has 9 unspecified atom stereocenters. The molecule has 0 amide bonds. The van der Waals surface area contributed by atoms with Gasteiger partial charge in [-0.15, -0.1) is 0 Å². The normalized spacial score (nSPS) is 55.4. The van der Waals surface area contributed by atoms with Gasteiger partial charge in [0.15, 0.2) is 18.9 Å². The molecule has 0 aromatic heterocycles. The van der Waals surface area contributed by atoms with Gasteiger partial charge in [0.2, 0.25) is 0 Å². The Bertz CT molecular complexity index is 1170. The maximum absolute atomic E-state index is 11.7. The van der Waals surface area contributed by atoms with Crippen LogP contribution in [0.5, 0.6) is 0 Å². The predicted molar refractivity (Wildman–Crippen MR) is 170 cm³/mol. The maximum atomic E-state index is 11.7. The average molecular weight is 773 g/mol. The molecule has 2 aliphatic carbocycles. The number of aliphatic hydroxyl groups is 13. The molecule has 4 aliphatic heterocycles. The van der Waals surface area contributed by atoms with Crippen molar-refractivity contribution in [3.63, 3.8) is 0 Å². The van der Waals surface area contributed by atoms with Gasteiger partial charge in [0.25, 0.3) is 0 Å². The van der Waals surface area contributed by atoms with Gasteiger partial charge in [-0.25, -0.2) is 0 Å². The van der Waals surface area contributed by atoms with Gasteiger partial charge < -0.3 is 99.5 Å². The van der Waals surface area contributed by atoms with Crippen LogP contribution in [0.2, 0.25) is 0 Å². The Morgan fingerprint density at radius 3 is 1.91 bits per heavy atom.